The SMILES string of the molecule is CC(=O)N1CCN(Cc2nc(-c3ccc(OCc4ccccc4)cc3)no2)CC1. The Balaban J connectivity index is 1.31. The minimum Gasteiger partial charge on any atom is -0.489 e. The molecule has 0 spiro atoms. The molecule has 3 aromatic rings. The molecule has 0 aliphatic carbocycles. The van der Waals surface area contributed by atoms with Gasteiger partial charge in [0, 0.05) is 38.7 Å². The number of aromatic nitrogens is 2. The first kappa shape index (κ1) is 19.1. The van der Waals surface area contributed by atoms with Crippen LogP contribution in [0.15, 0.2) is 59.1 Å². The molecule has 1 aliphatic heterocycles. The Kier molecular flexibility index (Phi) is 5.86. The quantitative estimate of drug-likeness (QED) is 0.642. The molecule has 7 nitrogen and oxygen atoms in total. The molecular formula is C22H24N4O3. The first-order chi connectivity index (χ1) is 14.2. The number of carbonyl (C=O) groups is 1. The molecule has 0 saturated carbocycles. The van der Waals surface area contributed by atoms with E-state index in [1.54, 1.807) is 6.92 Å². The van der Waals surface area contributed by atoms with E-state index in [4.69, 9.17) is 9.26 Å². The van der Waals surface area contributed by atoms with Crippen LogP contribution in [0.1, 0.15) is 18.4 Å². The van der Waals surface area contributed by atoms with Crippen molar-refractivity contribution in [1.29, 1.82) is 0 Å². The second kappa shape index (κ2) is 8.87. The van der Waals surface area contributed by atoms with Gasteiger partial charge in [-0.25, -0.2) is 0 Å². The van der Waals surface area contributed by atoms with Gasteiger partial charge in [-0.3, -0.25) is 9.69 Å². The number of amides is 1. The third-order valence-corrected chi connectivity index (χ3v) is 5.01. The molecule has 7 heteroatoms. The summed E-state index contributed by atoms with van der Waals surface area (Å²) in [6, 6.07) is 17.7. The number of ether oxygens (including phenoxy) is 1. The molecule has 150 valence electrons. The van der Waals surface area contributed by atoms with Crippen molar-refractivity contribution in [3.05, 3.63) is 66.1 Å². The molecule has 1 amide bonds. The highest BCUT2D eigenvalue weighted by molar-refractivity contribution is 5.73. The van der Waals surface area contributed by atoms with E-state index in [0.29, 0.717) is 24.9 Å². The van der Waals surface area contributed by atoms with Gasteiger partial charge in [-0.15, -0.1) is 0 Å². The molecule has 4 rings (SSSR count). The topological polar surface area (TPSA) is 71.7 Å². The third kappa shape index (κ3) is 5.00. The minimum absolute atomic E-state index is 0.126. The summed E-state index contributed by atoms with van der Waals surface area (Å²) in [6.07, 6.45) is 0. The first-order valence-corrected chi connectivity index (χ1v) is 9.75. The van der Waals surface area contributed by atoms with Gasteiger partial charge in [0.25, 0.3) is 0 Å². The monoisotopic (exact) mass is 392 g/mol. The maximum Gasteiger partial charge on any atom is 0.241 e. The largest absolute Gasteiger partial charge is 0.489 e. The highest BCUT2D eigenvalue weighted by Crippen LogP contribution is 2.21. The zero-order valence-corrected chi connectivity index (χ0v) is 16.5. The van der Waals surface area contributed by atoms with E-state index < -0.39 is 0 Å². The van der Waals surface area contributed by atoms with Crippen LogP contribution in [0.3, 0.4) is 0 Å². The number of carbonyl (C=O) groups excluding carboxylic acids is 1. The molecule has 29 heavy (non-hydrogen) atoms. The first-order valence-electron chi connectivity index (χ1n) is 9.75. The van der Waals surface area contributed by atoms with Crippen molar-refractivity contribution in [1.82, 2.24) is 19.9 Å². The van der Waals surface area contributed by atoms with E-state index in [2.05, 4.69) is 15.0 Å². The molecule has 0 bridgehead atoms. The lowest BCUT2D eigenvalue weighted by atomic mass is 10.2. The van der Waals surface area contributed by atoms with E-state index in [1.807, 2.05) is 59.5 Å². The summed E-state index contributed by atoms with van der Waals surface area (Å²) < 4.78 is 11.2. The zero-order valence-electron chi connectivity index (χ0n) is 16.5. The van der Waals surface area contributed by atoms with Gasteiger partial charge in [-0.2, -0.15) is 4.98 Å². The Morgan fingerprint density at radius 2 is 1.76 bits per heavy atom. The summed E-state index contributed by atoms with van der Waals surface area (Å²) in [6.45, 7) is 5.83. The van der Waals surface area contributed by atoms with E-state index >= 15 is 0 Å². The van der Waals surface area contributed by atoms with Crippen molar-refractivity contribution in [3.63, 3.8) is 0 Å². The Morgan fingerprint density at radius 3 is 2.45 bits per heavy atom. The second-order valence-corrected chi connectivity index (χ2v) is 7.09. The summed E-state index contributed by atoms with van der Waals surface area (Å²) in [7, 11) is 0. The Labute approximate surface area is 169 Å². The second-order valence-electron chi connectivity index (χ2n) is 7.09. The highest BCUT2D eigenvalue weighted by atomic mass is 16.5. The van der Waals surface area contributed by atoms with Crippen LogP contribution in [0.2, 0.25) is 0 Å². The van der Waals surface area contributed by atoms with Gasteiger partial charge in [-0.05, 0) is 29.8 Å². The molecule has 0 unspecified atom stereocenters. The fourth-order valence-corrected chi connectivity index (χ4v) is 3.29. The normalized spacial score (nSPS) is 14.7. The van der Waals surface area contributed by atoms with Crippen LogP contribution < -0.4 is 4.74 Å². The summed E-state index contributed by atoms with van der Waals surface area (Å²) in [5.41, 5.74) is 2.01. The third-order valence-electron chi connectivity index (χ3n) is 5.01. The van der Waals surface area contributed by atoms with Crippen LogP contribution in [0.25, 0.3) is 11.4 Å². The van der Waals surface area contributed by atoms with Crippen LogP contribution in [0, 0.1) is 0 Å². The van der Waals surface area contributed by atoms with Crippen molar-refractivity contribution in [2.45, 2.75) is 20.1 Å². The molecule has 1 fully saturated rings. The van der Waals surface area contributed by atoms with Gasteiger partial charge >= 0.3 is 0 Å². The molecule has 1 aliphatic rings. The molecule has 2 aromatic carbocycles. The predicted molar refractivity (Wildman–Crippen MR) is 108 cm³/mol. The van der Waals surface area contributed by atoms with Crippen LogP contribution >= 0.6 is 0 Å². The average Bonchev–Trinajstić information content (AvgIpc) is 3.22. The number of hydrogen-bond acceptors (Lipinski definition) is 6. The van der Waals surface area contributed by atoms with Gasteiger partial charge in [-0.1, -0.05) is 35.5 Å². The van der Waals surface area contributed by atoms with Crippen LogP contribution in [0.4, 0.5) is 0 Å². The van der Waals surface area contributed by atoms with Crippen molar-refractivity contribution in [3.8, 4) is 17.1 Å². The summed E-state index contributed by atoms with van der Waals surface area (Å²) in [4.78, 5) is 20.0. The minimum atomic E-state index is 0.126. The van der Waals surface area contributed by atoms with Crippen LogP contribution in [0.5, 0.6) is 5.75 Å². The molecule has 0 atom stereocenters. The summed E-state index contributed by atoms with van der Waals surface area (Å²) in [5, 5.41) is 4.10. The van der Waals surface area contributed by atoms with Gasteiger partial charge in [0.05, 0.1) is 6.54 Å². The highest BCUT2D eigenvalue weighted by Gasteiger charge is 2.20. The van der Waals surface area contributed by atoms with Gasteiger partial charge in [0.2, 0.25) is 17.6 Å². The Morgan fingerprint density at radius 1 is 1.03 bits per heavy atom. The molecule has 1 saturated heterocycles. The maximum atomic E-state index is 11.4. The number of rotatable bonds is 6. The zero-order chi connectivity index (χ0) is 20.1. The fourth-order valence-electron chi connectivity index (χ4n) is 3.29. The van der Waals surface area contributed by atoms with Crippen molar-refractivity contribution < 1.29 is 14.1 Å². The lowest BCUT2D eigenvalue weighted by Crippen LogP contribution is -2.47. The van der Waals surface area contributed by atoms with E-state index in [0.717, 1.165) is 43.1 Å². The lowest BCUT2D eigenvalue weighted by Gasteiger charge is -2.33. The summed E-state index contributed by atoms with van der Waals surface area (Å²) in [5.74, 6) is 2.07. The molecule has 0 radical (unpaired) electrons. The standard InChI is InChI=1S/C22H24N4O3/c1-17(27)26-13-11-25(12-14-26)15-21-23-22(24-29-21)19-7-9-20(10-8-19)28-16-18-5-3-2-4-6-18/h2-10H,11-16H2,1H3. The Bertz CT molecular complexity index is 932. The Hall–Kier alpha value is -3.19. The van der Waals surface area contributed by atoms with Gasteiger partial charge < -0.3 is 14.2 Å². The average molecular weight is 392 g/mol. The molecular weight excluding hydrogens is 368 g/mol. The van der Waals surface area contributed by atoms with Gasteiger partial charge in [0.15, 0.2) is 0 Å². The number of hydrogen-bond donors (Lipinski definition) is 0. The molecule has 1 aromatic heterocycles. The fraction of sp³-hybridized carbons (Fsp3) is 0.318. The predicted octanol–water partition coefficient (Wildman–Crippen LogP) is 2.98. The lowest BCUT2D eigenvalue weighted by molar-refractivity contribution is -0.130. The number of benzene rings is 2. The van der Waals surface area contributed by atoms with E-state index in [1.165, 1.54) is 0 Å². The smallest absolute Gasteiger partial charge is 0.241 e. The van der Waals surface area contributed by atoms with Crippen molar-refractivity contribution in [2.75, 3.05) is 26.2 Å². The molecule has 2 heterocycles. The van der Waals surface area contributed by atoms with Crippen LogP contribution in [-0.2, 0) is 17.9 Å². The number of nitrogens with zero attached hydrogens (tertiary/aromatic N) is 4. The van der Waals surface area contributed by atoms with E-state index in [-0.39, 0.29) is 5.91 Å². The van der Waals surface area contributed by atoms with E-state index in [9.17, 15) is 4.79 Å². The van der Waals surface area contributed by atoms with Crippen molar-refractivity contribution in [2.24, 2.45) is 0 Å². The summed E-state index contributed by atoms with van der Waals surface area (Å²) >= 11 is 0. The molecule has 0 N–H and O–H groups in total. The maximum absolute atomic E-state index is 11.4. The van der Waals surface area contributed by atoms with Crippen molar-refractivity contribution >= 4 is 5.91 Å². The van der Waals surface area contributed by atoms with Crippen LogP contribution in [-0.4, -0.2) is 52.0 Å². The number of piperazine rings is 1. The van der Waals surface area contributed by atoms with Gasteiger partial charge in [0.1, 0.15) is 12.4 Å².